The summed E-state index contributed by atoms with van der Waals surface area (Å²) in [5, 5.41) is 4.98. The van der Waals surface area contributed by atoms with Crippen molar-refractivity contribution in [1.29, 1.82) is 0 Å². The highest BCUT2D eigenvalue weighted by Crippen LogP contribution is 2.70. The van der Waals surface area contributed by atoms with Crippen LogP contribution in [0.4, 0.5) is 17.1 Å². The van der Waals surface area contributed by atoms with Crippen molar-refractivity contribution in [2.75, 3.05) is 4.90 Å². The summed E-state index contributed by atoms with van der Waals surface area (Å²) in [5.41, 5.74) is 19.4. The minimum absolute atomic E-state index is 0.334. The van der Waals surface area contributed by atoms with Crippen LogP contribution in [-0.2, 0) is 5.41 Å². The molecule has 9 aromatic carbocycles. The number of hydrogen-bond donors (Lipinski definition) is 0. The van der Waals surface area contributed by atoms with Crippen LogP contribution in [0.15, 0.2) is 188 Å². The van der Waals surface area contributed by atoms with Gasteiger partial charge in [0, 0.05) is 17.1 Å². The summed E-state index contributed by atoms with van der Waals surface area (Å²) < 4.78 is 0. The monoisotopic (exact) mass is 657 g/mol. The Hall–Kier alpha value is -6.70. The highest BCUT2D eigenvalue weighted by atomic mass is 15.1. The molecule has 1 nitrogen and oxygen atoms in total. The summed E-state index contributed by atoms with van der Waals surface area (Å²) in [6, 6.07) is 70.1. The van der Waals surface area contributed by atoms with Gasteiger partial charge in [-0.2, -0.15) is 0 Å². The smallest absolute Gasteiger partial charge is 0.0738 e. The van der Waals surface area contributed by atoms with Gasteiger partial charge in [-0.15, -0.1) is 0 Å². The van der Waals surface area contributed by atoms with Crippen LogP contribution in [0, 0.1) is 0 Å². The first kappa shape index (κ1) is 28.0. The zero-order valence-corrected chi connectivity index (χ0v) is 28.3. The second-order valence-electron chi connectivity index (χ2n) is 14.4. The van der Waals surface area contributed by atoms with Gasteiger partial charge in [-0.25, -0.2) is 0 Å². The van der Waals surface area contributed by atoms with E-state index in [1.165, 1.54) is 88.3 Å². The Kier molecular flexibility index (Phi) is 5.49. The molecule has 0 radical (unpaired) electrons. The van der Waals surface area contributed by atoms with Gasteiger partial charge in [-0.05, 0) is 125 Å². The second-order valence-corrected chi connectivity index (χ2v) is 14.4. The van der Waals surface area contributed by atoms with Crippen molar-refractivity contribution >= 4 is 38.6 Å². The number of hydrogen-bond acceptors (Lipinski definition) is 1. The van der Waals surface area contributed by atoms with E-state index in [-0.39, 0.29) is 5.41 Å². The number of benzene rings is 9. The van der Waals surface area contributed by atoms with Gasteiger partial charge in [-0.1, -0.05) is 152 Å². The first-order valence-corrected chi connectivity index (χ1v) is 18.2. The maximum absolute atomic E-state index is 2.51. The van der Waals surface area contributed by atoms with Crippen molar-refractivity contribution in [1.82, 2.24) is 0 Å². The van der Waals surface area contributed by atoms with E-state index in [0.717, 1.165) is 17.1 Å². The second kappa shape index (κ2) is 10.2. The molecular weight excluding hydrogens is 627 g/mol. The SMILES string of the molecule is c1cc(-c2cccc3ccccc23)cc(N(c2ccc3c(c2)C24c5ccccc5-c5cccc(c52)-c2cccc-3c24)c2ccc3ccccc3c2)c1. The van der Waals surface area contributed by atoms with Crippen LogP contribution in [0.5, 0.6) is 0 Å². The predicted molar refractivity (Wildman–Crippen MR) is 217 cm³/mol. The van der Waals surface area contributed by atoms with Crippen LogP contribution < -0.4 is 4.90 Å². The Balaban J connectivity index is 1.12. The normalized spacial score (nSPS) is 15.4. The lowest BCUT2D eigenvalue weighted by atomic mass is 9.73. The first-order valence-electron chi connectivity index (χ1n) is 18.2. The lowest BCUT2D eigenvalue weighted by Gasteiger charge is -2.30. The molecule has 9 aromatic rings. The molecule has 240 valence electrons. The molecule has 0 saturated carbocycles. The molecule has 0 bridgehead atoms. The van der Waals surface area contributed by atoms with Crippen molar-refractivity contribution in [3.8, 4) is 44.5 Å². The van der Waals surface area contributed by atoms with Crippen LogP contribution in [-0.4, -0.2) is 0 Å². The van der Waals surface area contributed by atoms with Crippen LogP contribution >= 0.6 is 0 Å². The Bertz CT molecular complexity index is 2940. The van der Waals surface area contributed by atoms with E-state index >= 15 is 0 Å². The molecule has 3 aliphatic rings. The molecule has 52 heavy (non-hydrogen) atoms. The van der Waals surface area contributed by atoms with Crippen molar-refractivity contribution in [2.45, 2.75) is 5.41 Å². The molecule has 1 unspecified atom stereocenters. The van der Waals surface area contributed by atoms with Gasteiger partial charge in [-0.3, -0.25) is 0 Å². The molecule has 0 heterocycles. The van der Waals surface area contributed by atoms with Crippen molar-refractivity contribution in [2.24, 2.45) is 0 Å². The average molecular weight is 658 g/mol. The standard InChI is InChI=1S/C51H31N/c1-2-13-34-29-37(26-25-32(34)11-1)52(36-16-7-15-35(30-36)40-19-8-14-33-12-3-4-17-39(33)40)38-27-28-42-44-21-10-23-46-45-22-9-20-43-41-18-5-6-24-47(41)51(49(43)45,50(44)46)48(42)31-38/h1-31H. The van der Waals surface area contributed by atoms with E-state index in [2.05, 4.69) is 193 Å². The summed E-state index contributed by atoms with van der Waals surface area (Å²) in [6.45, 7) is 0. The van der Waals surface area contributed by atoms with Gasteiger partial charge in [0.05, 0.1) is 5.41 Å². The van der Waals surface area contributed by atoms with Gasteiger partial charge in [0.2, 0.25) is 0 Å². The third-order valence-electron chi connectivity index (χ3n) is 11.9. The molecule has 1 heteroatoms. The van der Waals surface area contributed by atoms with Crippen LogP contribution in [0.2, 0.25) is 0 Å². The van der Waals surface area contributed by atoms with E-state index in [1.807, 2.05) is 0 Å². The Morgan fingerprint density at radius 1 is 0.308 bits per heavy atom. The zero-order chi connectivity index (χ0) is 34.0. The zero-order valence-electron chi connectivity index (χ0n) is 28.3. The van der Waals surface area contributed by atoms with E-state index < -0.39 is 0 Å². The molecular formula is C51H31N. The largest absolute Gasteiger partial charge is 0.310 e. The molecule has 0 saturated heterocycles. The highest BCUT2D eigenvalue weighted by Gasteiger charge is 2.57. The summed E-state index contributed by atoms with van der Waals surface area (Å²) in [6.07, 6.45) is 0. The van der Waals surface area contributed by atoms with Crippen LogP contribution in [0.1, 0.15) is 22.3 Å². The fourth-order valence-electron chi connectivity index (χ4n) is 9.93. The molecule has 0 aliphatic heterocycles. The van der Waals surface area contributed by atoms with E-state index in [1.54, 1.807) is 0 Å². The molecule has 0 aromatic heterocycles. The van der Waals surface area contributed by atoms with Gasteiger partial charge in [0.15, 0.2) is 0 Å². The van der Waals surface area contributed by atoms with Gasteiger partial charge < -0.3 is 4.90 Å². The third kappa shape index (κ3) is 3.52. The number of nitrogens with zero attached hydrogens (tertiary/aromatic N) is 1. The number of rotatable bonds is 4. The Morgan fingerprint density at radius 2 is 0.846 bits per heavy atom. The number of fused-ring (bicyclic) bond motifs is 7. The Morgan fingerprint density at radius 3 is 1.67 bits per heavy atom. The van der Waals surface area contributed by atoms with Gasteiger partial charge >= 0.3 is 0 Å². The summed E-state index contributed by atoms with van der Waals surface area (Å²) >= 11 is 0. The molecule has 12 rings (SSSR count). The average Bonchev–Trinajstić information content (AvgIpc) is 3.80. The van der Waals surface area contributed by atoms with Crippen LogP contribution in [0.25, 0.3) is 66.1 Å². The molecule has 0 fully saturated rings. The maximum atomic E-state index is 2.51. The molecule has 0 N–H and O–H groups in total. The Labute approximate surface area is 302 Å². The molecule has 3 aliphatic carbocycles. The fraction of sp³-hybridized carbons (Fsp3) is 0.0196. The van der Waals surface area contributed by atoms with E-state index in [0.29, 0.717) is 0 Å². The van der Waals surface area contributed by atoms with Crippen molar-refractivity contribution in [3.63, 3.8) is 0 Å². The maximum Gasteiger partial charge on any atom is 0.0738 e. The topological polar surface area (TPSA) is 3.24 Å². The third-order valence-corrected chi connectivity index (χ3v) is 11.9. The fourth-order valence-corrected chi connectivity index (χ4v) is 9.93. The van der Waals surface area contributed by atoms with Crippen molar-refractivity contribution in [3.05, 3.63) is 210 Å². The summed E-state index contributed by atoms with van der Waals surface area (Å²) in [5.74, 6) is 0. The van der Waals surface area contributed by atoms with Crippen molar-refractivity contribution < 1.29 is 0 Å². The molecule has 1 spiro atoms. The van der Waals surface area contributed by atoms with Gasteiger partial charge in [0.25, 0.3) is 0 Å². The lowest BCUT2D eigenvalue weighted by molar-refractivity contribution is 0.818. The first-order chi connectivity index (χ1) is 25.8. The predicted octanol–water partition coefficient (Wildman–Crippen LogP) is 13.5. The number of anilines is 3. The summed E-state index contributed by atoms with van der Waals surface area (Å²) in [4.78, 5) is 2.46. The quantitative estimate of drug-likeness (QED) is 0.182. The summed E-state index contributed by atoms with van der Waals surface area (Å²) in [7, 11) is 0. The van der Waals surface area contributed by atoms with Crippen LogP contribution in [0.3, 0.4) is 0 Å². The van der Waals surface area contributed by atoms with E-state index in [9.17, 15) is 0 Å². The van der Waals surface area contributed by atoms with E-state index in [4.69, 9.17) is 0 Å². The molecule has 1 atom stereocenters. The van der Waals surface area contributed by atoms with Gasteiger partial charge in [0.1, 0.15) is 0 Å². The minimum atomic E-state index is -0.334. The molecule has 0 amide bonds. The highest BCUT2D eigenvalue weighted by molar-refractivity contribution is 6.07. The minimum Gasteiger partial charge on any atom is -0.310 e. The lowest BCUT2D eigenvalue weighted by Crippen LogP contribution is -2.23.